The van der Waals surface area contributed by atoms with Gasteiger partial charge in [0.15, 0.2) is 25.2 Å². The molecule has 0 aromatic rings. The van der Waals surface area contributed by atoms with E-state index >= 15 is 0 Å². The van der Waals surface area contributed by atoms with Crippen LogP contribution < -0.4 is 0 Å². The van der Waals surface area contributed by atoms with Crippen LogP contribution >= 0.6 is 0 Å². The summed E-state index contributed by atoms with van der Waals surface area (Å²) in [7, 11) is 0. The molecule has 28 nitrogen and oxygen atoms in total. The van der Waals surface area contributed by atoms with E-state index in [2.05, 4.69) is 54.5 Å². The lowest BCUT2D eigenvalue weighted by Gasteiger charge is -2.71. The van der Waals surface area contributed by atoms with Crippen LogP contribution in [-0.2, 0) is 52.2 Å². The highest BCUT2D eigenvalue weighted by Crippen LogP contribution is 2.76. The van der Waals surface area contributed by atoms with E-state index in [1.807, 2.05) is 0 Å². The predicted molar refractivity (Wildman–Crippen MR) is 295 cm³/mol. The minimum Gasteiger partial charge on any atom is -0.432 e. The molecule has 10 aliphatic rings. The normalized spacial score (nSPS) is 53.5. The second-order valence-electron chi connectivity index (χ2n) is 29.1. The fourth-order valence-electron chi connectivity index (χ4n) is 18.0. The molecule has 506 valence electrons. The molecule has 9 fully saturated rings. The Morgan fingerprint density at radius 2 is 0.898 bits per heavy atom. The van der Waals surface area contributed by atoms with Crippen molar-refractivity contribution in [2.75, 3.05) is 33.0 Å². The van der Waals surface area contributed by atoms with Crippen LogP contribution in [0.15, 0.2) is 11.6 Å². The zero-order valence-corrected chi connectivity index (χ0v) is 51.0. The molecule has 28 heteroatoms. The van der Waals surface area contributed by atoms with Gasteiger partial charge in [-0.15, -0.1) is 0 Å². The second-order valence-corrected chi connectivity index (χ2v) is 29.1. The van der Waals surface area contributed by atoms with Gasteiger partial charge in [-0.05, 0) is 109 Å². The largest absolute Gasteiger partial charge is 0.432 e. The first-order valence-electron chi connectivity index (χ1n) is 31.3. The number of aliphatic hydroxyl groups is 17. The SMILES string of the molecule is CC1(C)CC[C@]2(C(=O)O[C@@H]3O[C@H](CO)[C@@H](O)[C@H](O)[C@H]3O)CC[C@]3(C)C(=CCC4[C@@]5(C)CC[C@H](O[C@@H]6O[C@H](CO)[C@@H](O)[C@H](O[C@@H]7O[C@H](CO)[C@@H](O)[C@H](O[C@@H]8O[C@H](CO)[C@@H](O)[C@H](O)[C@H]8O)[C@H]7O)[C@H]6O[C@@H]6O[C@H](CO)[C@@H](O)[C@H](O)[C@H]6O)C(C)(C)[C@@H]5CC[C@]43C)[C@@H]2C1. The minimum absolute atomic E-state index is 0.0203. The summed E-state index contributed by atoms with van der Waals surface area (Å²) in [4.78, 5) is 14.9. The van der Waals surface area contributed by atoms with Gasteiger partial charge in [0, 0.05) is 0 Å². The number of hydrogen-bond acceptors (Lipinski definition) is 28. The fourth-order valence-corrected chi connectivity index (χ4v) is 18.0. The molecule has 0 aromatic carbocycles. The Labute approximate surface area is 510 Å². The monoisotopic (exact) mass is 1270 g/mol. The van der Waals surface area contributed by atoms with Crippen molar-refractivity contribution in [1.82, 2.24) is 0 Å². The molecule has 5 aliphatic carbocycles. The van der Waals surface area contributed by atoms with Crippen LogP contribution in [0.3, 0.4) is 0 Å². The molecular formula is C60H98O28. The first-order valence-corrected chi connectivity index (χ1v) is 31.3. The third-order valence-corrected chi connectivity index (χ3v) is 23.5. The quantitative estimate of drug-likeness (QED) is 0.0420. The van der Waals surface area contributed by atoms with Crippen LogP contribution in [0, 0.1) is 50.2 Å². The zero-order chi connectivity index (χ0) is 64.3. The summed E-state index contributed by atoms with van der Waals surface area (Å²) in [6, 6.07) is 0. The fraction of sp³-hybridized carbons (Fsp3) is 0.950. The Hall–Kier alpha value is -1.83. The maximum Gasteiger partial charge on any atom is 0.315 e. The highest BCUT2D eigenvalue weighted by Gasteiger charge is 2.71. The lowest BCUT2D eigenvalue weighted by atomic mass is 9.33. The topological polar surface area (TPSA) is 453 Å². The maximum absolute atomic E-state index is 14.9. The molecule has 33 atom stereocenters. The summed E-state index contributed by atoms with van der Waals surface area (Å²) in [6.07, 6.45) is -36.5. The van der Waals surface area contributed by atoms with Gasteiger partial charge in [0.25, 0.3) is 0 Å². The molecule has 5 saturated heterocycles. The molecule has 1 unspecified atom stereocenters. The lowest BCUT2D eigenvalue weighted by molar-refractivity contribution is -0.405. The van der Waals surface area contributed by atoms with Crippen LogP contribution in [0.4, 0.5) is 0 Å². The Kier molecular flexibility index (Phi) is 20.2. The van der Waals surface area contributed by atoms with Crippen LogP contribution in [0.25, 0.3) is 0 Å². The summed E-state index contributed by atoms with van der Waals surface area (Å²) < 4.78 is 60.9. The van der Waals surface area contributed by atoms with Crippen molar-refractivity contribution >= 4 is 5.97 Å². The van der Waals surface area contributed by atoms with Crippen molar-refractivity contribution in [3.63, 3.8) is 0 Å². The van der Waals surface area contributed by atoms with Crippen molar-refractivity contribution in [1.29, 1.82) is 0 Å². The molecule has 88 heavy (non-hydrogen) atoms. The van der Waals surface area contributed by atoms with Gasteiger partial charge in [0.2, 0.25) is 6.29 Å². The van der Waals surface area contributed by atoms with Crippen molar-refractivity contribution in [3.05, 3.63) is 11.6 Å². The average Bonchev–Trinajstić information content (AvgIpc) is 0.706. The van der Waals surface area contributed by atoms with E-state index in [4.69, 9.17) is 47.4 Å². The first kappa shape index (κ1) is 69.0. The Bertz CT molecular complexity index is 2430. The molecule has 0 amide bonds. The molecule has 17 N–H and O–H groups in total. The Balaban J connectivity index is 0.928. The molecular weight excluding hydrogens is 1170 g/mol. The molecule has 0 aromatic heterocycles. The zero-order valence-electron chi connectivity index (χ0n) is 51.0. The second kappa shape index (κ2) is 25.7. The number of rotatable bonds is 15. The Morgan fingerprint density at radius 1 is 0.455 bits per heavy atom. The van der Waals surface area contributed by atoms with Crippen LogP contribution in [0.5, 0.6) is 0 Å². The van der Waals surface area contributed by atoms with E-state index in [1.165, 1.54) is 5.57 Å². The summed E-state index contributed by atoms with van der Waals surface area (Å²) in [5.41, 5.74) is -1.61. The highest BCUT2D eigenvalue weighted by molar-refractivity contribution is 5.79. The lowest BCUT2D eigenvalue weighted by Crippen LogP contribution is -2.69. The number of allylic oxidation sites excluding steroid dienone is 2. The Morgan fingerprint density at radius 3 is 1.43 bits per heavy atom. The summed E-state index contributed by atoms with van der Waals surface area (Å²) in [6.45, 7) is 11.5. The molecule has 0 spiro atoms. The standard InChI is InChI=1S/C60H98O28/c1-55(2)14-16-60(54(78)88-51-44(76)41(73)36(68)28(21-63)81-51)17-15-58(6)24(25(60)18-55)8-9-32-57(5)12-11-33(56(3,4)31(57)10-13-59(32,58)7)84-53-48(87-50-43(75)40(72)35(67)27(20-62)80-50)47(38(70)30(23-65)83-53)86-52-45(77)46(37(69)29(22-64)82-52)85-49-42(74)39(71)34(66)26(19-61)79-49/h8,25-53,61-77H,9-23H2,1-7H3/t25-,26+,27+,28+,29+,30+,31-,32?,33-,34+,35+,36+,37+,38+,39-,40-,41-,42+,43+,44+,45+,46-,47-,48+,49-,50-,51-,52-,53-,57-,58+,59+,60-/m0/s1. The molecule has 4 saturated carbocycles. The van der Waals surface area contributed by atoms with Crippen LogP contribution in [0.2, 0.25) is 0 Å². The molecule has 0 bridgehead atoms. The van der Waals surface area contributed by atoms with Crippen molar-refractivity contribution in [3.8, 4) is 0 Å². The number of hydrogen-bond donors (Lipinski definition) is 17. The molecule has 5 aliphatic heterocycles. The third-order valence-electron chi connectivity index (χ3n) is 23.5. The van der Waals surface area contributed by atoms with E-state index in [-0.39, 0.29) is 39.4 Å². The smallest absolute Gasteiger partial charge is 0.315 e. The van der Waals surface area contributed by atoms with E-state index in [9.17, 15) is 91.6 Å². The van der Waals surface area contributed by atoms with Gasteiger partial charge in [-0.1, -0.05) is 60.1 Å². The summed E-state index contributed by atoms with van der Waals surface area (Å²) >= 11 is 0. The summed E-state index contributed by atoms with van der Waals surface area (Å²) in [5.74, 6) is -0.685. The predicted octanol–water partition coefficient (Wildman–Crippen LogP) is -4.21. The number of aliphatic hydroxyl groups excluding tert-OH is 17. The molecule has 0 radical (unpaired) electrons. The highest BCUT2D eigenvalue weighted by atomic mass is 16.8. The number of esters is 1. The third kappa shape index (κ3) is 11.5. The minimum atomic E-state index is -2.12. The van der Waals surface area contributed by atoms with Gasteiger partial charge in [0.1, 0.15) is 122 Å². The van der Waals surface area contributed by atoms with Gasteiger partial charge in [-0.3, -0.25) is 4.79 Å². The van der Waals surface area contributed by atoms with E-state index in [0.717, 1.165) is 19.3 Å². The number of fused-ring (bicyclic) bond motifs is 7. The van der Waals surface area contributed by atoms with Gasteiger partial charge in [-0.25, -0.2) is 0 Å². The van der Waals surface area contributed by atoms with Gasteiger partial charge >= 0.3 is 5.97 Å². The van der Waals surface area contributed by atoms with E-state index in [1.54, 1.807) is 0 Å². The molecule has 5 heterocycles. The first-order chi connectivity index (χ1) is 41.3. The van der Waals surface area contributed by atoms with Crippen LogP contribution in [-0.4, -0.2) is 285 Å². The van der Waals surface area contributed by atoms with Gasteiger partial charge < -0.3 is 134 Å². The van der Waals surface area contributed by atoms with Crippen molar-refractivity contribution in [2.45, 2.75) is 272 Å². The average molecular weight is 1270 g/mol. The van der Waals surface area contributed by atoms with E-state index < -0.39 is 209 Å². The van der Waals surface area contributed by atoms with Crippen molar-refractivity contribution in [2.24, 2.45) is 50.2 Å². The van der Waals surface area contributed by atoms with Gasteiger partial charge in [0.05, 0.1) is 44.6 Å². The van der Waals surface area contributed by atoms with Crippen molar-refractivity contribution < 1.29 is 139 Å². The number of ether oxygens (including phenoxy) is 10. The van der Waals surface area contributed by atoms with E-state index in [0.29, 0.717) is 44.9 Å². The summed E-state index contributed by atoms with van der Waals surface area (Å²) in [5, 5.41) is 184. The molecule has 10 rings (SSSR count). The number of carbonyl (C=O) groups is 1. The maximum atomic E-state index is 14.9. The van der Waals surface area contributed by atoms with Crippen LogP contribution in [0.1, 0.15) is 113 Å². The number of carbonyl (C=O) groups excluding carboxylic acids is 1. The van der Waals surface area contributed by atoms with Gasteiger partial charge in [-0.2, -0.15) is 0 Å².